The average Bonchev–Trinajstić information content (AvgIpc) is 2.65. The van der Waals surface area contributed by atoms with E-state index in [0.717, 1.165) is 6.32 Å². The van der Waals surface area contributed by atoms with Crippen LogP contribution in [-0.2, 0) is 0 Å². The van der Waals surface area contributed by atoms with E-state index in [4.69, 9.17) is 7.74 Å². The van der Waals surface area contributed by atoms with Crippen molar-refractivity contribution in [2.75, 3.05) is 0 Å². The molecule has 0 aliphatic carbocycles. The summed E-state index contributed by atoms with van der Waals surface area (Å²) in [6.07, 6.45) is 0.976. The van der Waals surface area contributed by atoms with Gasteiger partial charge in [0.15, 0.2) is 0 Å². The molecule has 99 valence electrons. The third-order valence-electron chi connectivity index (χ3n) is 3.69. The molecule has 0 aromatic heterocycles. The highest BCUT2D eigenvalue weighted by atomic mass is 14.1. The topological polar surface area (TPSA) is 0 Å². The molecule has 0 nitrogen and oxygen atoms in total. The maximum Gasteiger partial charge on any atom is 0.0556 e. The second-order valence-electron chi connectivity index (χ2n) is 5.38. The largest absolute Gasteiger partial charge is 0.0788 e. The molecule has 0 N–H and O–H groups in total. The van der Waals surface area contributed by atoms with Crippen LogP contribution in [0.15, 0.2) is 60.7 Å². The fourth-order valence-electron chi connectivity index (χ4n) is 2.51. The summed E-state index contributed by atoms with van der Waals surface area (Å²) in [6.45, 7) is 0. The summed E-state index contributed by atoms with van der Waals surface area (Å²) in [4.78, 5) is 0. The van der Waals surface area contributed by atoms with Gasteiger partial charge in [-0.25, -0.2) is 0 Å². The summed E-state index contributed by atoms with van der Waals surface area (Å²) in [6, 6.07) is 21.3. The normalized spacial score (nSPS) is 9.54. The first-order valence-electron chi connectivity index (χ1n) is 8.22. The van der Waals surface area contributed by atoms with Gasteiger partial charge in [-0.05, 0) is 11.1 Å². The molecule has 11 radical (unpaired) electrons. The predicted octanol–water partition coefficient (Wildman–Crippen LogP) is -0.0219. The van der Waals surface area contributed by atoms with Crippen molar-refractivity contribution in [3.05, 3.63) is 71.8 Å². The summed E-state index contributed by atoms with van der Waals surface area (Å²) >= 11 is 0. The summed E-state index contributed by atoms with van der Waals surface area (Å²) in [5.74, 6) is 0.385. The van der Waals surface area contributed by atoms with E-state index in [1.165, 1.54) is 18.2 Å². The Morgan fingerprint density at radius 3 is 1.58 bits per heavy atom. The molecular weight excluding hydrogens is 276 g/mol. The molecular formula is C14H13B10. The number of benzene rings is 2. The van der Waals surface area contributed by atoms with Crippen LogP contribution < -0.4 is 0 Å². The smallest absolute Gasteiger partial charge is 0.0556 e. The fourth-order valence-corrected chi connectivity index (χ4v) is 2.51. The Morgan fingerprint density at radius 2 is 1.08 bits per heavy atom. The first kappa shape index (κ1) is 19.4. The third kappa shape index (κ3) is 7.32. The number of rotatable bonds is 12. The van der Waals surface area contributed by atoms with Gasteiger partial charge in [0.05, 0.1) is 7.17 Å². The first-order valence-corrected chi connectivity index (χ1v) is 8.22. The molecule has 2 aromatic rings. The molecule has 0 fully saturated rings. The van der Waals surface area contributed by atoms with Crippen molar-refractivity contribution in [1.29, 1.82) is 0 Å². The minimum atomic E-state index is 0.385. The molecule has 2 rings (SSSR count). The SMILES string of the molecule is [B][B][B][B][B][B][B][B][B][B]CC(c1ccccc1)c1ccccc1. The fraction of sp³-hybridized carbons (Fsp3) is 0.143. The Kier molecular flexibility index (Phi) is 10.1. The van der Waals surface area contributed by atoms with E-state index in [1.54, 1.807) is 7.06 Å². The van der Waals surface area contributed by atoms with Crippen molar-refractivity contribution in [3.63, 3.8) is 0 Å². The molecule has 0 heterocycles. The lowest BCUT2D eigenvalue weighted by Crippen LogP contribution is -2.31. The zero-order valence-electron chi connectivity index (χ0n) is 13.8. The van der Waals surface area contributed by atoms with Crippen LogP contribution in [0.1, 0.15) is 17.0 Å². The van der Waals surface area contributed by atoms with E-state index in [2.05, 4.69) is 74.9 Å². The van der Waals surface area contributed by atoms with Gasteiger partial charge in [0.25, 0.3) is 0 Å². The Bertz CT molecular complexity index is 498. The van der Waals surface area contributed by atoms with Gasteiger partial charge in [0.2, 0.25) is 0 Å². The van der Waals surface area contributed by atoms with Crippen LogP contribution in [0.5, 0.6) is 0 Å². The van der Waals surface area contributed by atoms with E-state index < -0.39 is 0 Å². The lowest BCUT2D eigenvalue weighted by molar-refractivity contribution is 0.917. The van der Waals surface area contributed by atoms with Crippen LogP contribution in [0.25, 0.3) is 0 Å². The molecule has 0 saturated heterocycles. The number of hydrogen-bond donors (Lipinski definition) is 0. The summed E-state index contributed by atoms with van der Waals surface area (Å²) in [5.41, 5.74) is 2.70. The zero-order chi connectivity index (χ0) is 16.9. The van der Waals surface area contributed by atoms with Gasteiger partial charge in [-0.3, -0.25) is 0 Å². The maximum absolute atomic E-state index is 5.26. The van der Waals surface area contributed by atoms with Crippen molar-refractivity contribution in [2.24, 2.45) is 0 Å². The molecule has 0 spiro atoms. The van der Waals surface area contributed by atoms with Crippen LogP contribution in [-0.4, -0.2) is 71.4 Å². The van der Waals surface area contributed by atoms with Crippen molar-refractivity contribution in [3.8, 4) is 0 Å². The average molecular weight is 289 g/mol. The molecule has 0 saturated carbocycles. The van der Waals surface area contributed by atoms with Gasteiger partial charge < -0.3 is 0 Å². The van der Waals surface area contributed by atoms with Crippen molar-refractivity contribution in [2.45, 2.75) is 12.2 Å². The van der Waals surface area contributed by atoms with Crippen LogP contribution in [0.4, 0.5) is 0 Å². The molecule has 24 heavy (non-hydrogen) atoms. The Labute approximate surface area is 155 Å². The highest BCUT2D eigenvalue weighted by Gasteiger charge is 2.13. The Morgan fingerprint density at radius 1 is 0.625 bits per heavy atom. The van der Waals surface area contributed by atoms with Gasteiger partial charge in [-0.15, -0.1) is 0 Å². The monoisotopic (exact) mass is 291 g/mol. The van der Waals surface area contributed by atoms with Crippen LogP contribution in [0, 0.1) is 0 Å². The number of hydrogen-bond acceptors (Lipinski definition) is 0. The predicted molar refractivity (Wildman–Crippen MR) is 117 cm³/mol. The van der Waals surface area contributed by atoms with Gasteiger partial charge in [-0.2, -0.15) is 0 Å². The van der Waals surface area contributed by atoms with E-state index in [-0.39, 0.29) is 0 Å². The standard InChI is InChI=1S/C14H13B10/c15-17-19-21-23-24-22-20-18-16-11-14(12-7-3-1-4-8-12)13-9-5-2-6-10-13/h1-10,14H,11H2. The molecule has 10 heteroatoms. The highest BCUT2D eigenvalue weighted by Crippen LogP contribution is 2.27. The lowest BCUT2D eigenvalue weighted by Gasteiger charge is -2.18. The second kappa shape index (κ2) is 12.5. The van der Waals surface area contributed by atoms with Crippen LogP contribution in [0.3, 0.4) is 0 Å². The van der Waals surface area contributed by atoms with Gasteiger partial charge in [-0.1, -0.05) is 67.0 Å². The van der Waals surface area contributed by atoms with Gasteiger partial charge in [0.1, 0.15) is 0 Å². The molecule has 0 aliphatic rings. The van der Waals surface area contributed by atoms with Gasteiger partial charge >= 0.3 is 0 Å². The van der Waals surface area contributed by atoms with E-state index in [1.807, 2.05) is 35.3 Å². The van der Waals surface area contributed by atoms with Gasteiger partial charge in [0, 0.05) is 70.1 Å². The Hall–Kier alpha value is -0.911. The Balaban J connectivity index is 1.74. The molecule has 0 unspecified atom stereocenters. The molecule has 2 aromatic carbocycles. The minimum absolute atomic E-state index is 0.385. The van der Waals surface area contributed by atoms with E-state index >= 15 is 0 Å². The molecule has 0 aliphatic heterocycles. The summed E-state index contributed by atoms with van der Waals surface area (Å²) in [7, 11) is 22.8. The zero-order valence-corrected chi connectivity index (χ0v) is 13.8. The quantitative estimate of drug-likeness (QED) is 0.380. The lowest BCUT2D eigenvalue weighted by atomic mass is 8.89. The summed E-state index contributed by atoms with van der Waals surface area (Å²) in [5, 5.41) is 0. The van der Waals surface area contributed by atoms with Crippen molar-refractivity contribution in [1.82, 2.24) is 0 Å². The van der Waals surface area contributed by atoms with Crippen LogP contribution >= 0.6 is 0 Å². The van der Waals surface area contributed by atoms with Crippen molar-refractivity contribution < 1.29 is 0 Å². The second-order valence-corrected chi connectivity index (χ2v) is 5.38. The molecule has 0 amide bonds. The highest BCUT2D eigenvalue weighted by molar-refractivity contribution is 7.68. The van der Waals surface area contributed by atoms with Crippen molar-refractivity contribution >= 4 is 71.4 Å². The first-order chi connectivity index (χ1) is 11.9. The van der Waals surface area contributed by atoms with E-state index in [9.17, 15) is 0 Å². The molecule has 0 bridgehead atoms. The summed E-state index contributed by atoms with van der Waals surface area (Å²) < 4.78 is 0. The maximum atomic E-state index is 5.26. The molecule has 0 atom stereocenters. The van der Waals surface area contributed by atoms with E-state index in [0.29, 0.717) is 5.92 Å². The minimum Gasteiger partial charge on any atom is -0.0788 e. The third-order valence-corrected chi connectivity index (χ3v) is 3.69. The van der Waals surface area contributed by atoms with Crippen LogP contribution in [0.2, 0.25) is 6.32 Å².